The average molecular weight is 578 g/mol. The van der Waals surface area contributed by atoms with E-state index >= 15 is 0 Å². The number of amides is 1. The fourth-order valence-corrected chi connectivity index (χ4v) is 6.73. The highest BCUT2D eigenvalue weighted by atomic mass is 32.2. The van der Waals surface area contributed by atoms with Crippen molar-refractivity contribution in [3.05, 3.63) is 47.6 Å². The van der Waals surface area contributed by atoms with Crippen molar-refractivity contribution in [1.82, 2.24) is 5.32 Å². The fraction of sp³-hybridized carbons (Fsp3) is 0.519. The first-order valence-corrected chi connectivity index (χ1v) is 14.7. The van der Waals surface area contributed by atoms with E-state index in [0.29, 0.717) is 18.9 Å². The van der Waals surface area contributed by atoms with Crippen molar-refractivity contribution in [1.29, 1.82) is 0 Å². The van der Waals surface area contributed by atoms with E-state index in [0.717, 1.165) is 50.0 Å². The normalized spacial score (nSPS) is 25.4. The minimum Gasteiger partial charge on any atom is -0.481 e. The maximum atomic E-state index is 11.7. The number of hydrogen-bond donors (Lipinski definition) is 4. The number of morpholine rings is 1. The number of rotatable bonds is 6. The summed E-state index contributed by atoms with van der Waals surface area (Å²) in [4.78, 5) is 37.8. The van der Waals surface area contributed by atoms with Crippen LogP contribution in [0.4, 0.5) is 11.4 Å². The monoisotopic (exact) mass is 577 g/mol. The van der Waals surface area contributed by atoms with E-state index in [1.807, 2.05) is 12.1 Å². The summed E-state index contributed by atoms with van der Waals surface area (Å²) in [6, 6.07) is 7.21. The Kier molecular flexibility index (Phi) is 8.86. The van der Waals surface area contributed by atoms with Crippen molar-refractivity contribution in [3.63, 3.8) is 0 Å². The van der Waals surface area contributed by atoms with Crippen LogP contribution >= 0.6 is 0 Å². The third-order valence-electron chi connectivity index (χ3n) is 7.85. The fourth-order valence-electron chi connectivity index (χ4n) is 5.93. The van der Waals surface area contributed by atoms with Crippen LogP contribution in [0.1, 0.15) is 39.0 Å². The smallest absolute Gasteiger partial charge is 0.331 e. The molecule has 0 aromatic heterocycles. The summed E-state index contributed by atoms with van der Waals surface area (Å²) < 4.78 is 37.2. The van der Waals surface area contributed by atoms with Gasteiger partial charge in [-0.05, 0) is 62.4 Å². The molecule has 4 N–H and O–H groups in total. The minimum absolute atomic E-state index is 0.0630. The Balaban J connectivity index is 0.000000189. The number of nitrogens with zero attached hydrogens (tertiary/aromatic N) is 2. The number of anilines is 2. The van der Waals surface area contributed by atoms with Crippen molar-refractivity contribution >= 4 is 39.3 Å². The number of benzene rings is 1. The molecule has 5 rings (SSSR count). The number of aliphatic carboxylic acids is 2. The summed E-state index contributed by atoms with van der Waals surface area (Å²) >= 11 is 0. The molecule has 3 fully saturated rings. The molecule has 2 aliphatic heterocycles. The van der Waals surface area contributed by atoms with E-state index in [4.69, 9.17) is 9.84 Å². The second-order valence-electron chi connectivity index (χ2n) is 10.5. The van der Waals surface area contributed by atoms with E-state index in [9.17, 15) is 32.5 Å². The number of hydrogen-bond acceptors (Lipinski definition) is 8. The highest BCUT2D eigenvalue weighted by Gasteiger charge is 2.47. The van der Waals surface area contributed by atoms with Crippen LogP contribution in [0.5, 0.6) is 0 Å². The minimum atomic E-state index is -4.40. The van der Waals surface area contributed by atoms with Gasteiger partial charge >= 0.3 is 22.1 Å². The van der Waals surface area contributed by atoms with Crippen LogP contribution in [0, 0.1) is 11.3 Å². The largest absolute Gasteiger partial charge is 0.481 e. The molecule has 0 radical (unpaired) electrons. The molecule has 0 spiro atoms. The molecule has 218 valence electrons. The van der Waals surface area contributed by atoms with Gasteiger partial charge in [0.1, 0.15) is 0 Å². The molecule has 40 heavy (non-hydrogen) atoms. The Bertz CT molecular complexity index is 1300. The third kappa shape index (κ3) is 6.48. The Labute approximate surface area is 233 Å². The Morgan fingerprint density at radius 2 is 1.65 bits per heavy atom. The predicted molar refractivity (Wildman–Crippen MR) is 146 cm³/mol. The summed E-state index contributed by atoms with van der Waals surface area (Å²) in [7, 11) is -4.40. The Morgan fingerprint density at radius 3 is 2.20 bits per heavy atom. The molecule has 2 aliphatic carbocycles. The Morgan fingerprint density at radius 1 is 1.05 bits per heavy atom. The van der Waals surface area contributed by atoms with Gasteiger partial charge in [-0.3, -0.25) is 14.1 Å². The lowest BCUT2D eigenvalue weighted by Crippen LogP contribution is -2.42. The highest BCUT2D eigenvalue weighted by Crippen LogP contribution is 2.48. The molecule has 1 amide bonds. The lowest BCUT2D eigenvalue weighted by molar-refractivity contribution is -0.149. The molecule has 4 aliphatic rings. The van der Waals surface area contributed by atoms with Gasteiger partial charge in [0.05, 0.1) is 25.2 Å². The second kappa shape index (κ2) is 12.0. The molecule has 1 saturated carbocycles. The topological polar surface area (TPSA) is 174 Å². The van der Waals surface area contributed by atoms with Crippen molar-refractivity contribution in [2.75, 3.05) is 42.6 Å². The summed E-state index contributed by atoms with van der Waals surface area (Å²) in [6.45, 7) is 4.62. The quantitative estimate of drug-likeness (QED) is 0.365. The molecule has 0 bridgehead atoms. The first kappa shape index (κ1) is 29.6. The molecule has 2 saturated heterocycles. The molecule has 2 heterocycles. The van der Waals surface area contributed by atoms with Gasteiger partial charge in [-0.25, -0.2) is 4.79 Å². The lowest BCUT2D eigenvalue weighted by Gasteiger charge is -2.35. The summed E-state index contributed by atoms with van der Waals surface area (Å²) in [6.07, 6.45) is 7.29. The average Bonchev–Trinajstić information content (AvgIpc) is 3.60. The van der Waals surface area contributed by atoms with E-state index in [1.165, 1.54) is 4.90 Å². The van der Waals surface area contributed by atoms with E-state index in [-0.39, 0.29) is 24.5 Å². The van der Waals surface area contributed by atoms with Crippen molar-refractivity contribution in [3.8, 4) is 0 Å². The zero-order chi connectivity index (χ0) is 29.1. The van der Waals surface area contributed by atoms with E-state index in [1.54, 1.807) is 31.2 Å². The van der Waals surface area contributed by atoms with Gasteiger partial charge in [-0.1, -0.05) is 24.5 Å². The van der Waals surface area contributed by atoms with Gasteiger partial charge in [-0.2, -0.15) is 8.42 Å². The van der Waals surface area contributed by atoms with E-state index < -0.39 is 38.9 Å². The number of ether oxygens (including phenoxy) is 1. The molecule has 1 aromatic carbocycles. The molecular formula is C27H35N3O9S. The molecule has 2 unspecified atom stereocenters. The van der Waals surface area contributed by atoms with E-state index in [2.05, 4.69) is 10.2 Å². The number of carbonyl (C=O) groups is 3. The van der Waals surface area contributed by atoms with Gasteiger partial charge < -0.3 is 30.1 Å². The predicted octanol–water partition coefficient (Wildman–Crippen LogP) is 2.24. The first-order valence-electron chi connectivity index (χ1n) is 13.2. The van der Waals surface area contributed by atoms with Crippen LogP contribution in [-0.2, 0) is 29.2 Å². The Hall–Kier alpha value is -3.42. The zero-order valence-electron chi connectivity index (χ0n) is 22.3. The number of carboxylic acids is 2. The second-order valence-corrected chi connectivity index (χ2v) is 12.0. The number of carboxylic acid groups (broad SMARTS) is 2. The lowest BCUT2D eigenvalue weighted by atomic mass is 9.67. The summed E-state index contributed by atoms with van der Waals surface area (Å²) in [5, 5.41) is 21.0. The molecule has 1 aromatic rings. The zero-order valence-corrected chi connectivity index (χ0v) is 23.1. The van der Waals surface area contributed by atoms with Crippen LogP contribution in [0.3, 0.4) is 0 Å². The number of nitrogens with one attached hydrogen (secondary N) is 1. The van der Waals surface area contributed by atoms with Crippen LogP contribution in [0.15, 0.2) is 47.6 Å². The van der Waals surface area contributed by atoms with Gasteiger partial charge in [0.25, 0.3) is 0 Å². The van der Waals surface area contributed by atoms with Crippen LogP contribution in [-0.4, -0.2) is 79.4 Å². The molecule has 2 atom stereocenters. The first-order chi connectivity index (χ1) is 18.9. The van der Waals surface area contributed by atoms with Crippen LogP contribution < -0.4 is 15.1 Å². The third-order valence-corrected chi connectivity index (χ3v) is 8.78. The standard InChI is InChI=1S/C14H18O4.C13H17N3O5S/c1-9-6-10(12(15)16)8-14(7-9,13(17)18)11-4-2-3-5-11;17-12-9-16(13(14-12)22(18,19)20)11-3-1-10(2-4-11)15-5-7-21-8-6-15/h6-7,11H,2-5,8H2,1H3,(H,15,16)(H,17,18);1-4,13H,5-9H2,(H,14,17)(H,18,19,20). The molecule has 13 heteroatoms. The molecule has 12 nitrogen and oxygen atoms in total. The van der Waals surface area contributed by atoms with Crippen molar-refractivity contribution < 1.29 is 42.3 Å². The van der Waals surface area contributed by atoms with Gasteiger partial charge in [-0.15, -0.1) is 0 Å². The number of carbonyl (C=O) groups excluding carboxylic acids is 1. The van der Waals surface area contributed by atoms with Gasteiger partial charge in [0, 0.05) is 30.0 Å². The van der Waals surface area contributed by atoms with Gasteiger partial charge in [0.15, 0.2) is 0 Å². The van der Waals surface area contributed by atoms with Crippen LogP contribution in [0.25, 0.3) is 0 Å². The van der Waals surface area contributed by atoms with Crippen molar-refractivity contribution in [2.45, 2.75) is 44.5 Å². The SMILES string of the molecule is CC1=CC(C(=O)O)(C2CCCC2)CC(C(=O)O)=C1.O=C1CN(c2ccc(N3CCOCC3)cc2)C(S(=O)(=O)O)N1. The summed E-state index contributed by atoms with van der Waals surface area (Å²) in [5.74, 6) is -2.28. The number of allylic oxidation sites excluding steroid dienone is 2. The van der Waals surface area contributed by atoms with Crippen molar-refractivity contribution in [2.24, 2.45) is 11.3 Å². The maximum absolute atomic E-state index is 11.7. The van der Waals surface area contributed by atoms with Gasteiger partial charge in [0.2, 0.25) is 11.4 Å². The summed E-state index contributed by atoms with van der Waals surface area (Å²) in [5.41, 5.74) is 0.0710. The molecular weight excluding hydrogens is 542 g/mol. The highest BCUT2D eigenvalue weighted by molar-refractivity contribution is 7.86. The maximum Gasteiger partial charge on any atom is 0.331 e. The van der Waals surface area contributed by atoms with Crippen LogP contribution in [0.2, 0.25) is 0 Å².